The molecule has 0 aliphatic rings. The summed E-state index contributed by atoms with van der Waals surface area (Å²) in [6.07, 6.45) is 1.99. The highest BCUT2D eigenvalue weighted by molar-refractivity contribution is 8.14. The van der Waals surface area contributed by atoms with Crippen LogP contribution in [0.1, 0.15) is 58.4 Å². The monoisotopic (exact) mass is 508 g/mol. The number of aliphatic carboxylic acids is 1. The number of ether oxygens (including phenoxy) is 1. The molecular formula is C25H36N2O7S. The Hall–Kier alpha value is -2.88. The third-order valence-corrected chi connectivity index (χ3v) is 6.23. The van der Waals surface area contributed by atoms with Gasteiger partial charge in [-0.1, -0.05) is 62.4 Å². The van der Waals surface area contributed by atoms with E-state index in [1.807, 2.05) is 19.9 Å². The van der Waals surface area contributed by atoms with E-state index in [9.17, 15) is 29.1 Å². The summed E-state index contributed by atoms with van der Waals surface area (Å²) in [6, 6.07) is 6.84. The molecule has 1 aromatic carbocycles. The first kappa shape index (κ1) is 30.2. The van der Waals surface area contributed by atoms with Crippen LogP contribution in [0.3, 0.4) is 0 Å². The number of carboxylic acids is 1. The Morgan fingerprint density at radius 3 is 2.14 bits per heavy atom. The number of benzene rings is 1. The molecule has 0 aliphatic heterocycles. The van der Waals surface area contributed by atoms with Crippen LogP contribution in [0.5, 0.6) is 0 Å². The summed E-state index contributed by atoms with van der Waals surface area (Å²) in [5, 5.41) is 13.9. The third-order valence-electron chi connectivity index (χ3n) is 5.16. The highest BCUT2D eigenvalue weighted by Gasteiger charge is 2.30. The number of esters is 1. The fraction of sp³-hybridized carbons (Fsp3) is 0.560. The highest BCUT2D eigenvalue weighted by Crippen LogP contribution is 2.20. The fourth-order valence-corrected chi connectivity index (χ4v) is 4.30. The Morgan fingerprint density at radius 2 is 1.60 bits per heavy atom. The van der Waals surface area contributed by atoms with Crippen LogP contribution in [-0.4, -0.2) is 58.4 Å². The number of carbonyl (C=O) groups excluding carboxylic acids is 4. The van der Waals surface area contributed by atoms with E-state index in [-0.39, 0.29) is 29.8 Å². The zero-order valence-electron chi connectivity index (χ0n) is 20.7. The molecule has 9 nitrogen and oxygen atoms in total. The number of methoxy groups -OCH3 is 1. The van der Waals surface area contributed by atoms with Crippen molar-refractivity contribution < 1.29 is 33.8 Å². The highest BCUT2D eigenvalue weighted by atomic mass is 32.2. The molecule has 0 saturated carbocycles. The van der Waals surface area contributed by atoms with Crippen molar-refractivity contribution in [3.63, 3.8) is 0 Å². The van der Waals surface area contributed by atoms with Gasteiger partial charge in [0.2, 0.25) is 11.8 Å². The number of nitrogens with one attached hydrogen (secondary N) is 2. The van der Waals surface area contributed by atoms with Gasteiger partial charge in [0.15, 0.2) is 5.12 Å². The van der Waals surface area contributed by atoms with E-state index in [0.717, 1.165) is 17.3 Å². The van der Waals surface area contributed by atoms with Crippen LogP contribution in [0.25, 0.3) is 0 Å². The lowest BCUT2D eigenvalue weighted by Crippen LogP contribution is -2.54. The van der Waals surface area contributed by atoms with Gasteiger partial charge < -0.3 is 20.5 Å². The van der Waals surface area contributed by atoms with Crippen molar-refractivity contribution in [1.82, 2.24) is 10.6 Å². The van der Waals surface area contributed by atoms with Crippen molar-refractivity contribution in [3.8, 4) is 0 Å². The Balaban J connectivity index is 2.88. The van der Waals surface area contributed by atoms with Crippen molar-refractivity contribution in [2.45, 2.75) is 76.6 Å². The van der Waals surface area contributed by atoms with Gasteiger partial charge in [0.1, 0.15) is 12.1 Å². The summed E-state index contributed by atoms with van der Waals surface area (Å²) >= 11 is 0.872. The molecule has 2 unspecified atom stereocenters. The summed E-state index contributed by atoms with van der Waals surface area (Å²) in [4.78, 5) is 60.8. The summed E-state index contributed by atoms with van der Waals surface area (Å²) in [5.74, 6) is -2.54. The lowest BCUT2D eigenvalue weighted by Gasteiger charge is -2.25. The minimum absolute atomic E-state index is 0.0439. The van der Waals surface area contributed by atoms with Gasteiger partial charge in [-0.3, -0.25) is 19.2 Å². The average molecular weight is 509 g/mol. The van der Waals surface area contributed by atoms with E-state index in [1.54, 1.807) is 24.3 Å². The van der Waals surface area contributed by atoms with Gasteiger partial charge >= 0.3 is 11.9 Å². The molecule has 0 aliphatic carbocycles. The minimum atomic E-state index is -1.17. The number of carboxylic acid groups (broad SMARTS) is 1. The molecule has 0 radical (unpaired) electrons. The first-order valence-corrected chi connectivity index (χ1v) is 12.5. The molecule has 10 heteroatoms. The van der Waals surface area contributed by atoms with Crippen molar-refractivity contribution >= 4 is 40.6 Å². The van der Waals surface area contributed by atoms with E-state index in [2.05, 4.69) is 15.4 Å². The number of hydrogen-bond donors (Lipinski definition) is 3. The van der Waals surface area contributed by atoms with Crippen molar-refractivity contribution in [3.05, 3.63) is 35.9 Å². The zero-order valence-corrected chi connectivity index (χ0v) is 21.6. The normalized spacial score (nSPS) is 13.4. The second-order valence-corrected chi connectivity index (χ2v) is 10.1. The maximum absolute atomic E-state index is 13.0. The number of rotatable bonds is 15. The van der Waals surface area contributed by atoms with Gasteiger partial charge in [-0.2, -0.15) is 0 Å². The third kappa shape index (κ3) is 12.4. The van der Waals surface area contributed by atoms with Crippen LogP contribution in [0.15, 0.2) is 30.3 Å². The van der Waals surface area contributed by atoms with Gasteiger partial charge in [0.25, 0.3) is 0 Å². The first-order valence-electron chi connectivity index (χ1n) is 11.6. The number of carbonyl (C=O) groups is 5. The van der Waals surface area contributed by atoms with Crippen LogP contribution in [0.4, 0.5) is 0 Å². The second-order valence-electron chi connectivity index (χ2n) is 8.70. The molecule has 1 aromatic rings. The largest absolute Gasteiger partial charge is 0.480 e. The topological polar surface area (TPSA) is 139 Å². The van der Waals surface area contributed by atoms with E-state index < -0.39 is 35.1 Å². The fourth-order valence-electron chi connectivity index (χ4n) is 3.43. The molecule has 35 heavy (non-hydrogen) atoms. The predicted molar refractivity (Wildman–Crippen MR) is 134 cm³/mol. The summed E-state index contributed by atoms with van der Waals surface area (Å²) in [7, 11) is 1.30. The predicted octanol–water partition coefficient (Wildman–Crippen LogP) is 2.71. The Morgan fingerprint density at radius 1 is 0.971 bits per heavy atom. The maximum Gasteiger partial charge on any atom is 0.326 e. The molecule has 0 spiro atoms. The van der Waals surface area contributed by atoms with Gasteiger partial charge in [-0.05, 0) is 30.7 Å². The second kappa shape index (κ2) is 15.9. The van der Waals surface area contributed by atoms with Gasteiger partial charge in [-0.25, -0.2) is 4.79 Å². The number of thioether (sulfide) groups is 1. The number of amides is 2. The number of unbranched alkanes of at least 4 members (excludes halogenated alkanes) is 1. The van der Waals surface area contributed by atoms with Crippen LogP contribution < -0.4 is 10.6 Å². The quantitative estimate of drug-likeness (QED) is 0.243. The van der Waals surface area contributed by atoms with Gasteiger partial charge in [-0.15, -0.1) is 0 Å². The molecule has 2 amide bonds. The molecule has 0 bridgehead atoms. The van der Waals surface area contributed by atoms with Crippen LogP contribution >= 0.6 is 11.8 Å². The molecule has 3 N–H and O–H groups in total. The molecule has 194 valence electrons. The summed E-state index contributed by atoms with van der Waals surface area (Å²) in [5.41, 5.74) is 0.759. The van der Waals surface area contributed by atoms with Crippen molar-refractivity contribution in [2.24, 2.45) is 5.92 Å². The van der Waals surface area contributed by atoms with E-state index in [0.29, 0.717) is 25.7 Å². The molecule has 0 saturated heterocycles. The van der Waals surface area contributed by atoms with Crippen molar-refractivity contribution in [2.75, 3.05) is 7.11 Å². The molecular weight excluding hydrogens is 472 g/mol. The van der Waals surface area contributed by atoms with Crippen LogP contribution in [0.2, 0.25) is 0 Å². The standard InChI is InChI=1S/C25H36N2O7S/c1-16(2)14-19(23(30)27-20(25(32)33)15-18-10-6-5-7-11-18)26-24(31)21(35-17(3)28)12-8-9-13-22(29)34-4/h5-7,10-11,16,19-21H,8-9,12-15H2,1-4H3,(H,26,31)(H,27,30)(H,32,33)/t19?,20-,21?/m0/s1. The Labute approximate surface area is 210 Å². The average Bonchev–Trinajstić information content (AvgIpc) is 2.79. The summed E-state index contributed by atoms with van der Waals surface area (Å²) in [6.45, 7) is 5.14. The lowest BCUT2D eigenvalue weighted by atomic mass is 10.0. The lowest BCUT2D eigenvalue weighted by molar-refractivity contribution is -0.142. The SMILES string of the molecule is COC(=O)CCCCC(SC(C)=O)C(=O)NC(CC(C)C)C(=O)N[C@@H](Cc1ccccc1)C(=O)O. The molecule has 0 aromatic heterocycles. The van der Waals surface area contributed by atoms with E-state index in [1.165, 1.54) is 14.0 Å². The maximum atomic E-state index is 13.0. The first-order chi connectivity index (χ1) is 16.5. The van der Waals surface area contributed by atoms with Gasteiger partial charge in [0, 0.05) is 19.8 Å². The van der Waals surface area contributed by atoms with E-state index in [4.69, 9.17) is 0 Å². The smallest absolute Gasteiger partial charge is 0.326 e. The molecule has 0 fully saturated rings. The molecule has 0 heterocycles. The Bertz CT molecular complexity index is 861. The minimum Gasteiger partial charge on any atom is -0.480 e. The summed E-state index contributed by atoms with van der Waals surface area (Å²) < 4.78 is 4.61. The number of hydrogen-bond acceptors (Lipinski definition) is 7. The molecule has 3 atom stereocenters. The van der Waals surface area contributed by atoms with Crippen molar-refractivity contribution in [1.29, 1.82) is 0 Å². The molecule has 1 rings (SSSR count). The van der Waals surface area contributed by atoms with Crippen LogP contribution in [0, 0.1) is 5.92 Å². The van der Waals surface area contributed by atoms with Crippen LogP contribution in [-0.2, 0) is 35.1 Å². The zero-order chi connectivity index (χ0) is 26.4. The van der Waals surface area contributed by atoms with Gasteiger partial charge in [0.05, 0.1) is 12.4 Å². The Kier molecular flexibility index (Phi) is 13.7. The van der Waals surface area contributed by atoms with E-state index >= 15 is 0 Å².